The highest BCUT2D eigenvalue weighted by Crippen LogP contribution is 2.32. The number of ether oxygens (including phenoxy) is 1. The van der Waals surface area contributed by atoms with Gasteiger partial charge in [-0.2, -0.15) is 0 Å². The second-order valence-corrected chi connectivity index (χ2v) is 8.85. The molecule has 154 valence electrons. The van der Waals surface area contributed by atoms with Gasteiger partial charge in [0.1, 0.15) is 11.4 Å². The molecule has 1 N–H and O–H groups in total. The highest BCUT2D eigenvalue weighted by atomic mass is 35.5. The molecule has 0 saturated heterocycles. The summed E-state index contributed by atoms with van der Waals surface area (Å²) >= 11 is 3.28. The van der Waals surface area contributed by atoms with Gasteiger partial charge in [-0.15, -0.1) is 0 Å². The van der Waals surface area contributed by atoms with Crippen LogP contribution in [0.3, 0.4) is 0 Å². The fourth-order valence-corrected chi connectivity index (χ4v) is 4.40. The first-order valence-electron chi connectivity index (χ1n) is 7.43. The van der Waals surface area contributed by atoms with E-state index in [4.69, 9.17) is 11.6 Å². The Morgan fingerprint density at radius 3 is 2.52 bits per heavy atom. The third-order valence-corrected chi connectivity index (χ3v) is 6.29. The molecule has 0 saturated carbocycles. The number of esters is 1. The lowest BCUT2D eigenvalue weighted by Gasteiger charge is -2.22. The molecule has 7 nitrogen and oxygen atoms in total. The summed E-state index contributed by atoms with van der Waals surface area (Å²) in [6.07, 6.45) is -3.74. The van der Waals surface area contributed by atoms with Crippen LogP contribution in [0.15, 0.2) is 12.1 Å². The maximum atomic E-state index is 13.8. The SMILES string of the molecule is COC(=O)c1c(F)ccc(N(CCCS(=O)(=O)CCC(F)F)S(=O)O)c1Cl. The maximum absolute atomic E-state index is 13.8. The number of carbonyl (C=O) groups is 1. The molecule has 0 amide bonds. The zero-order valence-electron chi connectivity index (χ0n) is 14.0. The normalized spacial score (nSPS) is 12.9. The van der Waals surface area contributed by atoms with Crippen LogP contribution >= 0.6 is 11.6 Å². The van der Waals surface area contributed by atoms with Crippen molar-refractivity contribution in [2.24, 2.45) is 0 Å². The molecule has 1 unspecified atom stereocenters. The molecular formula is C14H17ClF3NO6S2. The first kappa shape index (κ1) is 23.7. The standard InChI is InChI=1S/C14H17ClF3NO6S2/c1-25-14(20)12-9(16)3-4-10(13(12)15)19(26(21)22)6-2-7-27(23,24)8-5-11(17)18/h3-4,11H,2,5-8H2,1H3,(H,21,22). The van der Waals surface area contributed by atoms with Crippen molar-refractivity contribution in [3.05, 3.63) is 28.5 Å². The molecule has 13 heteroatoms. The van der Waals surface area contributed by atoms with Crippen molar-refractivity contribution in [3.63, 3.8) is 0 Å². The number of hydrogen-bond donors (Lipinski definition) is 1. The number of benzene rings is 1. The Kier molecular flexibility index (Phi) is 8.99. The molecule has 1 aromatic rings. The summed E-state index contributed by atoms with van der Waals surface area (Å²) < 4.78 is 87.6. The van der Waals surface area contributed by atoms with Crippen molar-refractivity contribution in [1.82, 2.24) is 0 Å². The Bertz CT molecular complexity index is 806. The van der Waals surface area contributed by atoms with E-state index in [0.717, 1.165) is 23.5 Å². The van der Waals surface area contributed by atoms with Crippen molar-refractivity contribution < 1.29 is 39.9 Å². The molecule has 0 radical (unpaired) electrons. The Labute approximate surface area is 161 Å². The second kappa shape index (κ2) is 10.2. The third-order valence-electron chi connectivity index (χ3n) is 3.38. The van der Waals surface area contributed by atoms with Gasteiger partial charge in [0, 0.05) is 13.0 Å². The number of halogens is 4. The summed E-state index contributed by atoms with van der Waals surface area (Å²) in [4.78, 5) is 11.6. The molecule has 0 aromatic heterocycles. The Morgan fingerprint density at radius 1 is 1.37 bits per heavy atom. The van der Waals surface area contributed by atoms with Crippen LogP contribution in [0.4, 0.5) is 18.9 Å². The lowest BCUT2D eigenvalue weighted by molar-refractivity contribution is 0.0595. The van der Waals surface area contributed by atoms with Gasteiger partial charge >= 0.3 is 5.97 Å². The topological polar surface area (TPSA) is 101 Å². The largest absolute Gasteiger partial charge is 0.465 e. The van der Waals surface area contributed by atoms with Crippen molar-refractivity contribution in [2.45, 2.75) is 19.3 Å². The minimum Gasteiger partial charge on any atom is -0.465 e. The minimum absolute atomic E-state index is 0.181. The molecular weight excluding hydrogens is 435 g/mol. The molecule has 27 heavy (non-hydrogen) atoms. The monoisotopic (exact) mass is 451 g/mol. The summed E-state index contributed by atoms with van der Waals surface area (Å²) in [7, 11) is -2.78. The van der Waals surface area contributed by atoms with Gasteiger partial charge in [0.15, 0.2) is 9.84 Å². The number of sulfone groups is 1. The molecule has 0 heterocycles. The maximum Gasteiger partial charge on any atom is 0.342 e. The van der Waals surface area contributed by atoms with Gasteiger partial charge in [-0.25, -0.2) is 30.6 Å². The van der Waals surface area contributed by atoms with Gasteiger partial charge in [-0.3, -0.25) is 8.86 Å². The van der Waals surface area contributed by atoms with E-state index < -0.39 is 67.8 Å². The minimum atomic E-state index is -3.78. The lowest BCUT2D eigenvalue weighted by atomic mass is 10.2. The smallest absolute Gasteiger partial charge is 0.342 e. The highest BCUT2D eigenvalue weighted by molar-refractivity contribution is 7.91. The van der Waals surface area contributed by atoms with Crippen LogP contribution in [-0.2, 0) is 25.8 Å². The molecule has 0 aliphatic heterocycles. The highest BCUT2D eigenvalue weighted by Gasteiger charge is 2.25. The predicted molar refractivity (Wildman–Crippen MR) is 94.8 cm³/mol. The summed E-state index contributed by atoms with van der Waals surface area (Å²) in [5.74, 6) is -3.32. The van der Waals surface area contributed by atoms with Crippen LogP contribution in [-0.4, -0.2) is 54.7 Å². The predicted octanol–water partition coefficient (Wildman–Crippen LogP) is 2.67. The number of rotatable bonds is 10. The number of hydrogen-bond acceptors (Lipinski definition) is 5. The van der Waals surface area contributed by atoms with Gasteiger partial charge in [0.05, 0.1) is 29.3 Å². The fraction of sp³-hybridized carbons (Fsp3) is 0.500. The van der Waals surface area contributed by atoms with Gasteiger partial charge in [-0.1, -0.05) is 11.6 Å². The zero-order chi connectivity index (χ0) is 20.8. The van der Waals surface area contributed by atoms with Gasteiger partial charge < -0.3 is 4.74 Å². The first-order valence-corrected chi connectivity index (χ1v) is 10.7. The second-order valence-electron chi connectivity index (χ2n) is 5.27. The van der Waals surface area contributed by atoms with Crippen molar-refractivity contribution >= 4 is 44.4 Å². The summed E-state index contributed by atoms with van der Waals surface area (Å²) in [5, 5.41) is -0.482. The number of carbonyl (C=O) groups excluding carboxylic acids is 1. The number of alkyl halides is 2. The number of methoxy groups -OCH3 is 1. The van der Waals surface area contributed by atoms with Crippen LogP contribution in [0.5, 0.6) is 0 Å². The van der Waals surface area contributed by atoms with Crippen LogP contribution in [0, 0.1) is 5.82 Å². The average Bonchev–Trinajstić information content (AvgIpc) is 2.57. The van der Waals surface area contributed by atoms with E-state index in [1.165, 1.54) is 0 Å². The number of nitrogens with zero attached hydrogens (tertiary/aromatic N) is 1. The average molecular weight is 452 g/mol. The Morgan fingerprint density at radius 2 is 2.00 bits per heavy atom. The summed E-state index contributed by atoms with van der Waals surface area (Å²) in [5.41, 5.74) is -0.832. The van der Waals surface area contributed by atoms with E-state index in [-0.39, 0.29) is 18.7 Å². The molecule has 0 spiro atoms. The van der Waals surface area contributed by atoms with E-state index in [2.05, 4.69) is 4.74 Å². The molecule has 0 bridgehead atoms. The van der Waals surface area contributed by atoms with Crippen molar-refractivity contribution in [2.75, 3.05) is 29.5 Å². The van der Waals surface area contributed by atoms with Crippen LogP contribution in [0.1, 0.15) is 23.2 Å². The quantitative estimate of drug-likeness (QED) is 0.433. The molecule has 0 aliphatic rings. The first-order chi connectivity index (χ1) is 12.5. The summed E-state index contributed by atoms with van der Waals surface area (Å²) in [6, 6.07) is 1.89. The lowest BCUT2D eigenvalue weighted by Crippen LogP contribution is -2.29. The van der Waals surface area contributed by atoms with E-state index in [9.17, 15) is 35.1 Å². The van der Waals surface area contributed by atoms with Gasteiger partial charge in [-0.05, 0) is 18.6 Å². The van der Waals surface area contributed by atoms with E-state index >= 15 is 0 Å². The fourth-order valence-electron chi connectivity index (χ4n) is 2.10. The number of anilines is 1. The molecule has 1 rings (SSSR count). The van der Waals surface area contributed by atoms with E-state index in [1.54, 1.807) is 0 Å². The van der Waals surface area contributed by atoms with E-state index in [1.807, 2.05) is 0 Å². The Hall–Kier alpha value is -1.37. The molecule has 1 atom stereocenters. The van der Waals surface area contributed by atoms with Crippen LogP contribution in [0.2, 0.25) is 5.02 Å². The van der Waals surface area contributed by atoms with Gasteiger partial charge in [0.2, 0.25) is 6.43 Å². The third kappa shape index (κ3) is 6.94. The Balaban J connectivity index is 2.98. The molecule has 1 aromatic carbocycles. The summed E-state index contributed by atoms with van der Waals surface area (Å²) in [6.45, 7) is -0.316. The van der Waals surface area contributed by atoms with Crippen molar-refractivity contribution in [1.29, 1.82) is 0 Å². The van der Waals surface area contributed by atoms with Crippen LogP contribution in [0.25, 0.3) is 0 Å². The van der Waals surface area contributed by atoms with Gasteiger partial charge in [0.25, 0.3) is 11.3 Å². The van der Waals surface area contributed by atoms with E-state index in [0.29, 0.717) is 0 Å². The molecule has 0 fully saturated rings. The molecule has 0 aliphatic carbocycles. The zero-order valence-corrected chi connectivity index (χ0v) is 16.4. The van der Waals surface area contributed by atoms with Crippen molar-refractivity contribution in [3.8, 4) is 0 Å². The van der Waals surface area contributed by atoms with Crippen LogP contribution < -0.4 is 4.31 Å².